The van der Waals surface area contributed by atoms with E-state index in [1.807, 2.05) is 31.2 Å². The van der Waals surface area contributed by atoms with Crippen LogP contribution in [-0.2, 0) is 10.3 Å². The van der Waals surface area contributed by atoms with Crippen molar-refractivity contribution >= 4 is 11.9 Å². The molecule has 1 aromatic carbocycles. The Hall–Kier alpha value is -1.88. The zero-order valence-electron chi connectivity index (χ0n) is 12.9. The Morgan fingerprint density at radius 3 is 2.33 bits per heavy atom. The molecule has 5 heteroatoms. The number of imide groups is 1. The van der Waals surface area contributed by atoms with Gasteiger partial charge >= 0.3 is 6.03 Å². The fraction of sp³-hybridized carbons (Fsp3) is 0.500. The third kappa shape index (κ3) is 3.08. The predicted octanol–water partition coefficient (Wildman–Crippen LogP) is 1.92. The lowest BCUT2D eigenvalue weighted by molar-refractivity contribution is -0.131. The molecule has 1 fully saturated rings. The Bertz CT molecular complexity index is 560. The van der Waals surface area contributed by atoms with Gasteiger partial charge in [-0.3, -0.25) is 9.69 Å². The van der Waals surface area contributed by atoms with Gasteiger partial charge in [0.15, 0.2) is 0 Å². The van der Waals surface area contributed by atoms with Gasteiger partial charge in [-0.1, -0.05) is 29.8 Å². The van der Waals surface area contributed by atoms with Gasteiger partial charge in [0.25, 0.3) is 5.91 Å². The van der Waals surface area contributed by atoms with Crippen LogP contribution in [0.15, 0.2) is 24.3 Å². The van der Waals surface area contributed by atoms with E-state index in [4.69, 9.17) is 0 Å². The Labute approximate surface area is 125 Å². The molecule has 1 aliphatic rings. The van der Waals surface area contributed by atoms with Crippen LogP contribution in [0.3, 0.4) is 0 Å². The van der Waals surface area contributed by atoms with Gasteiger partial charge in [0.1, 0.15) is 5.54 Å². The van der Waals surface area contributed by atoms with E-state index in [2.05, 4.69) is 5.32 Å². The average molecular weight is 290 g/mol. The predicted molar refractivity (Wildman–Crippen MR) is 79.7 cm³/mol. The molecule has 0 radical (unpaired) electrons. The number of hydrogen-bond acceptors (Lipinski definition) is 3. The molecule has 1 saturated heterocycles. The summed E-state index contributed by atoms with van der Waals surface area (Å²) in [5.74, 6) is -0.277. The smallest absolute Gasteiger partial charge is 0.325 e. The number of amides is 3. The minimum Gasteiger partial charge on any atom is -0.390 e. The van der Waals surface area contributed by atoms with Crippen molar-refractivity contribution in [3.8, 4) is 0 Å². The average Bonchev–Trinajstić information content (AvgIpc) is 2.59. The van der Waals surface area contributed by atoms with Gasteiger partial charge in [0.2, 0.25) is 0 Å². The van der Waals surface area contributed by atoms with Crippen LogP contribution in [0, 0.1) is 6.92 Å². The number of aliphatic hydroxyl groups is 1. The molecule has 0 spiro atoms. The van der Waals surface area contributed by atoms with E-state index < -0.39 is 17.2 Å². The van der Waals surface area contributed by atoms with E-state index in [0.29, 0.717) is 6.42 Å². The van der Waals surface area contributed by atoms with Gasteiger partial charge in [-0.25, -0.2) is 4.79 Å². The van der Waals surface area contributed by atoms with Crippen molar-refractivity contribution in [3.05, 3.63) is 35.4 Å². The Balaban J connectivity index is 2.22. The Morgan fingerprint density at radius 2 is 1.81 bits per heavy atom. The van der Waals surface area contributed by atoms with Crippen LogP contribution < -0.4 is 5.32 Å². The molecule has 0 bridgehead atoms. The molecule has 0 saturated carbocycles. The van der Waals surface area contributed by atoms with E-state index in [1.165, 1.54) is 4.90 Å². The molecule has 21 heavy (non-hydrogen) atoms. The summed E-state index contributed by atoms with van der Waals surface area (Å²) in [4.78, 5) is 25.8. The van der Waals surface area contributed by atoms with Gasteiger partial charge in [0, 0.05) is 6.54 Å². The number of nitrogens with one attached hydrogen (secondary N) is 1. The molecular weight excluding hydrogens is 268 g/mol. The summed E-state index contributed by atoms with van der Waals surface area (Å²) < 4.78 is 0. The second-order valence-electron chi connectivity index (χ2n) is 6.44. The van der Waals surface area contributed by atoms with Crippen LogP contribution in [0.25, 0.3) is 0 Å². The molecule has 3 amide bonds. The minimum atomic E-state index is -1.04. The second-order valence-corrected chi connectivity index (χ2v) is 6.44. The molecule has 1 heterocycles. The van der Waals surface area contributed by atoms with E-state index in [1.54, 1.807) is 20.8 Å². The van der Waals surface area contributed by atoms with Crippen molar-refractivity contribution in [3.63, 3.8) is 0 Å². The van der Waals surface area contributed by atoms with E-state index >= 15 is 0 Å². The van der Waals surface area contributed by atoms with E-state index in [9.17, 15) is 14.7 Å². The van der Waals surface area contributed by atoms with Crippen LogP contribution in [0.2, 0.25) is 0 Å². The third-order valence-corrected chi connectivity index (χ3v) is 3.85. The highest BCUT2D eigenvalue weighted by molar-refractivity contribution is 6.07. The number of hydrogen-bond donors (Lipinski definition) is 2. The van der Waals surface area contributed by atoms with Gasteiger partial charge in [-0.15, -0.1) is 0 Å². The SMILES string of the molecule is Cc1ccc(C2(C)NC(=O)N(CCC(C)(C)O)C2=O)cc1. The minimum absolute atomic E-state index is 0.204. The van der Waals surface area contributed by atoms with Crippen LogP contribution in [0.1, 0.15) is 38.3 Å². The highest BCUT2D eigenvalue weighted by atomic mass is 16.3. The van der Waals surface area contributed by atoms with Crippen molar-refractivity contribution in [1.82, 2.24) is 10.2 Å². The Morgan fingerprint density at radius 1 is 1.24 bits per heavy atom. The summed E-state index contributed by atoms with van der Waals surface area (Å²) >= 11 is 0. The number of carbonyl (C=O) groups excluding carboxylic acids is 2. The zero-order valence-corrected chi connectivity index (χ0v) is 12.9. The van der Waals surface area contributed by atoms with Crippen molar-refractivity contribution in [2.24, 2.45) is 0 Å². The van der Waals surface area contributed by atoms with Gasteiger partial charge in [-0.05, 0) is 39.7 Å². The molecule has 114 valence electrons. The number of urea groups is 1. The summed E-state index contributed by atoms with van der Waals surface area (Å²) in [5.41, 5.74) is -0.0939. The maximum absolute atomic E-state index is 12.6. The number of rotatable bonds is 4. The molecule has 0 aromatic heterocycles. The lowest BCUT2D eigenvalue weighted by Crippen LogP contribution is -2.41. The molecule has 1 unspecified atom stereocenters. The van der Waals surface area contributed by atoms with Crippen molar-refractivity contribution in [2.75, 3.05) is 6.54 Å². The maximum Gasteiger partial charge on any atom is 0.325 e. The number of benzene rings is 1. The fourth-order valence-corrected chi connectivity index (χ4v) is 2.37. The first kappa shape index (κ1) is 15.5. The molecule has 2 N–H and O–H groups in total. The summed E-state index contributed by atoms with van der Waals surface area (Å²) in [6.45, 7) is 7.20. The molecule has 0 aliphatic carbocycles. The monoisotopic (exact) mass is 290 g/mol. The van der Waals surface area contributed by atoms with E-state index in [-0.39, 0.29) is 12.5 Å². The topological polar surface area (TPSA) is 69.6 Å². The standard InChI is InChI=1S/C16H22N2O3/c1-11-5-7-12(8-6-11)16(4)13(19)18(14(20)17-16)10-9-15(2,3)21/h5-8,21H,9-10H2,1-4H3,(H,17,20). The molecular formula is C16H22N2O3. The first-order valence-corrected chi connectivity index (χ1v) is 7.07. The molecule has 1 aliphatic heterocycles. The highest BCUT2D eigenvalue weighted by Gasteiger charge is 2.48. The molecule has 5 nitrogen and oxygen atoms in total. The van der Waals surface area contributed by atoms with Crippen LogP contribution in [-0.4, -0.2) is 34.1 Å². The van der Waals surface area contributed by atoms with E-state index in [0.717, 1.165) is 11.1 Å². The van der Waals surface area contributed by atoms with Gasteiger partial charge < -0.3 is 10.4 Å². The van der Waals surface area contributed by atoms with Gasteiger partial charge in [0.05, 0.1) is 5.60 Å². The van der Waals surface area contributed by atoms with Gasteiger partial charge in [-0.2, -0.15) is 0 Å². The summed E-state index contributed by atoms with van der Waals surface area (Å²) in [7, 11) is 0. The van der Waals surface area contributed by atoms with Crippen molar-refractivity contribution < 1.29 is 14.7 Å². The Kier molecular flexibility index (Phi) is 3.80. The first-order chi connectivity index (χ1) is 9.63. The van der Waals surface area contributed by atoms with Crippen molar-refractivity contribution in [2.45, 2.75) is 45.3 Å². The zero-order chi connectivity index (χ0) is 15.8. The largest absolute Gasteiger partial charge is 0.390 e. The molecule has 1 aromatic rings. The number of carbonyl (C=O) groups is 2. The summed E-state index contributed by atoms with van der Waals surface area (Å²) in [5, 5.41) is 12.5. The van der Waals surface area contributed by atoms with Crippen LogP contribution in [0.4, 0.5) is 4.79 Å². The van der Waals surface area contributed by atoms with Crippen molar-refractivity contribution in [1.29, 1.82) is 0 Å². The molecule has 2 rings (SSSR count). The second kappa shape index (κ2) is 5.15. The lowest BCUT2D eigenvalue weighted by atomic mass is 9.91. The highest BCUT2D eigenvalue weighted by Crippen LogP contribution is 2.29. The summed E-state index contributed by atoms with van der Waals surface area (Å²) in [6.07, 6.45) is 0.343. The van der Waals surface area contributed by atoms with Crippen LogP contribution >= 0.6 is 0 Å². The third-order valence-electron chi connectivity index (χ3n) is 3.85. The quantitative estimate of drug-likeness (QED) is 0.832. The first-order valence-electron chi connectivity index (χ1n) is 7.07. The number of aryl methyl sites for hydroxylation is 1. The fourth-order valence-electron chi connectivity index (χ4n) is 2.37. The normalized spacial score (nSPS) is 22.6. The molecule has 1 atom stereocenters. The maximum atomic E-state index is 12.6. The summed E-state index contributed by atoms with van der Waals surface area (Å²) in [6, 6.07) is 7.13. The van der Waals surface area contributed by atoms with Crippen LogP contribution in [0.5, 0.6) is 0 Å². The lowest BCUT2D eigenvalue weighted by Gasteiger charge is -2.24. The number of nitrogens with zero attached hydrogens (tertiary/aromatic N) is 1.